The van der Waals surface area contributed by atoms with Gasteiger partial charge in [-0.1, -0.05) is 30.3 Å². The Hall–Kier alpha value is -2.92. The third-order valence-electron chi connectivity index (χ3n) is 3.61. The van der Waals surface area contributed by atoms with Crippen molar-refractivity contribution in [2.75, 3.05) is 11.9 Å². The average Bonchev–Trinajstić information content (AvgIpc) is 2.56. The zero-order chi connectivity index (χ0) is 16.2. The number of anilines is 1. The summed E-state index contributed by atoms with van der Waals surface area (Å²) in [7, 11) is 0. The minimum absolute atomic E-state index is 0.0878. The number of hydrogen-bond acceptors (Lipinski definition) is 3. The molecule has 23 heavy (non-hydrogen) atoms. The Morgan fingerprint density at radius 2 is 1.83 bits per heavy atom. The molecule has 5 nitrogen and oxygen atoms in total. The molecule has 0 aliphatic heterocycles. The number of aromatic amines is 1. The predicted octanol–water partition coefficient (Wildman–Crippen LogP) is 2.32. The number of hydrogen-bond donors (Lipinski definition) is 3. The first-order chi connectivity index (χ1) is 11.2. The maximum Gasteiger partial charge on any atom is 0.256 e. The van der Waals surface area contributed by atoms with E-state index in [-0.39, 0.29) is 18.1 Å². The molecule has 3 N–H and O–H groups in total. The van der Waals surface area contributed by atoms with E-state index in [1.54, 1.807) is 30.3 Å². The third-order valence-corrected chi connectivity index (χ3v) is 3.61. The van der Waals surface area contributed by atoms with Crippen LogP contribution in [0.4, 0.5) is 5.69 Å². The number of fused-ring (bicyclic) bond motifs is 1. The zero-order valence-corrected chi connectivity index (χ0v) is 12.4. The summed E-state index contributed by atoms with van der Waals surface area (Å²) in [6.45, 7) is 0.0878. The Morgan fingerprint density at radius 3 is 2.57 bits per heavy atom. The molecule has 0 aliphatic carbocycles. The summed E-state index contributed by atoms with van der Waals surface area (Å²) in [5.74, 6) is -0.331. The van der Waals surface area contributed by atoms with Gasteiger partial charge in [0.25, 0.3) is 5.91 Å². The van der Waals surface area contributed by atoms with Crippen molar-refractivity contribution in [3.05, 3.63) is 76.1 Å². The van der Waals surface area contributed by atoms with Crippen LogP contribution < -0.4 is 10.9 Å². The smallest absolute Gasteiger partial charge is 0.256 e. The molecule has 116 valence electrons. The fourth-order valence-electron chi connectivity index (χ4n) is 2.47. The highest BCUT2D eigenvalue weighted by atomic mass is 16.3. The van der Waals surface area contributed by atoms with Gasteiger partial charge >= 0.3 is 0 Å². The van der Waals surface area contributed by atoms with Crippen molar-refractivity contribution in [3.8, 4) is 0 Å². The van der Waals surface area contributed by atoms with E-state index in [1.807, 2.05) is 18.2 Å². The number of nitrogens with one attached hydrogen (secondary N) is 2. The van der Waals surface area contributed by atoms with Gasteiger partial charge in [-0.05, 0) is 30.2 Å². The van der Waals surface area contributed by atoms with Gasteiger partial charge in [-0.3, -0.25) is 9.59 Å². The minimum Gasteiger partial charge on any atom is -0.396 e. The second kappa shape index (κ2) is 6.46. The van der Waals surface area contributed by atoms with E-state index < -0.39 is 0 Å². The molecule has 3 rings (SSSR count). The fourth-order valence-corrected chi connectivity index (χ4v) is 2.47. The van der Waals surface area contributed by atoms with Crippen molar-refractivity contribution in [3.63, 3.8) is 0 Å². The molecule has 2 aromatic carbocycles. The minimum atomic E-state index is -0.331. The van der Waals surface area contributed by atoms with Crippen molar-refractivity contribution in [2.24, 2.45) is 0 Å². The lowest BCUT2D eigenvalue weighted by Gasteiger charge is -2.08. The summed E-state index contributed by atoms with van der Waals surface area (Å²) in [5, 5.41) is 12.4. The van der Waals surface area contributed by atoms with Gasteiger partial charge in [0.05, 0.1) is 5.56 Å². The lowest BCUT2D eigenvalue weighted by Crippen LogP contribution is -2.16. The molecule has 0 spiro atoms. The van der Waals surface area contributed by atoms with Crippen molar-refractivity contribution in [2.45, 2.75) is 6.42 Å². The molecular weight excluding hydrogens is 292 g/mol. The maximum absolute atomic E-state index is 12.5. The Kier molecular flexibility index (Phi) is 4.21. The first-order valence-electron chi connectivity index (χ1n) is 7.30. The monoisotopic (exact) mass is 308 g/mol. The molecule has 1 heterocycles. The molecule has 0 radical (unpaired) electrons. The zero-order valence-electron chi connectivity index (χ0n) is 12.4. The number of rotatable bonds is 4. The number of aliphatic hydroxyl groups is 1. The Labute approximate surface area is 132 Å². The fraction of sp³-hybridized carbons (Fsp3) is 0.111. The second-order valence-corrected chi connectivity index (χ2v) is 5.22. The van der Waals surface area contributed by atoms with Crippen molar-refractivity contribution < 1.29 is 9.90 Å². The van der Waals surface area contributed by atoms with Crippen molar-refractivity contribution in [1.82, 2.24) is 4.98 Å². The Bertz CT molecular complexity index is 898. The van der Waals surface area contributed by atoms with Gasteiger partial charge in [0.1, 0.15) is 0 Å². The van der Waals surface area contributed by atoms with Crippen molar-refractivity contribution in [1.29, 1.82) is 0 Å². The SMILES string of the molecule is O=C(Nc1ccc(CCO)cc1)c1cc(=O)[nH]c2ccccc12. The van der Waals surface area contributed by atoms with Crippen LogP contribution in [0.1, 0.15) is 15.9 Å². The second-order valence-electron chi connectivity index (χ2n) is 5.22. The molecule has 1 amide bonds. The normalized spacial score (nSPS) is 10.7. The van der Waals surface area contributed by atoms with E-state index in [1.165, 1.54) is 6.07 Å². The molecular formula is C18H16N2O3. The number of aromatic nitrogens is 1. The van der Waals surface area contributed by atoms with Crippen LogP contribution in [0.2, 0.25) is 0 Å². The molecule has 0 saturated carbocycles. The molecule has 1 aromatic heterocycles. The molecule has 0 saturated heterocycles. The van der Waals surface area contributed by atoms with E-state index in [0.717, 1.165) is 5.56 Å². The number of para-hydroxylation sites is 1. The predicted molar refractivity (Wildman–Crippen MR) is 89.8 cm³/mol. The van der Waals surface area contributed by atoms with Crippen LogP contribution in [-0.2, 0) is 6.42 Å². The number of aliphatic hydroxyl groups excluding tert-OH is 1. The van der Waals surface area contributed by atoms with Crippen LogP contribution in [-0.4, -0.2) is 22.6 Å². The number of H-pyrrole nitrogens is 1. The number of amides is 1. The highest BCUT2D eigenvalue weighted by Crippen LogP contribution is 2.17. The molecule has 0 bridgehead atoms. The first-order valence-corrected chi connectivity index (χ1v) is 7.30. The van der Waals surface area contributed by atoms with Crippen molar-refractivity contribution >= 4 is 22.5 Å². The van der Waals surface area contributed by atoms with Crippen LogP contribution in [0.5, 0.6) is 0 Å². The Balaban J connectivity index is 1.90. The van der Waals surface area contributed by atoms with Gasteiger partial charge < -0.3 is 15.4 Å². The molecule has 3 aromatic rings. The van der Waals surface area contributed by atoms with E-state index in [0.29, 0.717) is 28.6 Å². The molecule has 0 fully saturated rings. The van der Waals surface area contributed by atoms with Gasteiger partial charge in [0.2, 0.25) is 5.56 Å². The molecule has 0 unspecified atom stereocenters. The summed E-state index contributed by atoms with van der Waals surface area (Å²) in [6.07, 6.45) is 0.576. The summed E-state index contributed by atoms with van der Waals surface area (Å²) in [6, 6.07) is 15.7. The maximum atomic E-state index is 12.5. The molecule has 5 heteroatoms. The quantitative estimate of drug-likeness (QED) is 0.692. The van der Waals surface area contributed by atoms with E-state index in [2.05, 4.69) is 10.3 Å². The lowest BCUT2D eigenvalue weighted by molar-refractivity contribution is 0.102. The number of pyridine rings is 1. The largest absolute Gasteiger partial charge is 0.396 e. The number of benzene rings is 2. The Morgan fingerprint density at radius 1 is 1.09 bits per heavy atom. The van der Waals surface area contributed by atoms with E-state index in [9.17, 15) is 9.59 Å². The van der Waals surface area contributed by atoms with Crippen LogP contribution in [0.25, 0.3) is 10.9 Å². The number of carbonyl (C=O) groups excluding carboxylic acids is 1. The van der Waals surface area contributed by atoms with Gasteiger partial charge in [-0.25, -0.2) is 0 Å². The number of carbonyl (C=O) groups is 1. The summed E-state index contributed by atoms with van der Waals surface area (Å²) in [4.78, 5) is 26.9. The summed E-state index contributed by atoms with van der Waals surface area (Å²) < 4.78 is 0. The summed E-state index contributed by atoms with van der Waals surface area (Å²) >= 11 is 0. The average molecular weight is 308 g/mol. The third kappa shape index (κ3) is 3.30. The summed E-state index contributed by atoms with van der Waals surface area (Å²) in [5.41, 5.74) is 2.28. The van der Waals surface area contributed by atoms with Crippen LogP contribution in [0.15, 0.2) is 59.4 Å². The first kappa shape index (κ1) is 15.0. The molecule has 0 aliphatic rings. The van der Waals surface area contributed by atoms with Crippen LogP contribution in [0, 0.1) is 0 Å². The molecule has 0 atom stereocenters. The highest BCUT2D eigenvalue weighted by molar-refractivity contribution is 6.12. The van der Waals surface area contributed by atoms with E-state index >= 15 is 0 Å². The van der Waals surface area contributed by atoms with Gasteiger partial charge in [0, 0.05) is 29.3 Å². The topological polar surface area (TPSA) is 82.2 Å². The van der Waals surface area contributed by atoms with Crippen LogP contribution >= 0.6 is 0 Å². The lowest BCUT2D eigenvalue weighted by atomic mass is 10.1. The van der Waals surface area contributed by atoms with E-state index in [4.69, 9.17) is 5.11 Å². The van der Waals surface area contributed by atoms with Crippen LogP contribution in [0.3, 0.4) is 0 Å². The van der Waals surface area contributed by atoms with Gasteiger partial charge in [0.15, 0.2) is 0 Å². The van der Waals surface area contributed by atoms with Gasteiger partial charge in [-0.2, -0.15) is 0 Å². The van der Waals surface area contributed by atoms with Gasteiger partial charge in [-0.15, -0.1) is 0 Å². The standard InChI is InChI=1S/C18H16N2O3/c21-10-9-12-5-7-13(8-6-12)19-18(23)15-11-17(22)20-16-4-2-1-3-14(15)16/h1-8,11,21H,9-10H2,(H,19,23)(H,20,22). The highest BCUT2D eigenvalue weighted by Gasteiger charge is 2.11.